The molecule has 0 fully saturated rings. The van der Waals surface area contributed by atoms with Gasteiger partial charge in [-0.3, -0.25) is 0 Å². The highest BCUT2D eigenvalue weighted by Gasteiger charge is 2.25. The summed E-state index contributed by atoms with van der Waals surface area (Å²) in [5.74, 6) is 0.262. The van der Waals surface area contributed by atoms with E-state index in [1.54, 1.807) is 6.07 Å². The Hall–Kier alpha value is -1.18. The van der Waals surface area contributed by atoms with E-state index >= 15 is 0 Å². The second kappa shape index (κ2) is 3.52. The zero-order valence-corrected chi connectivity index (χ0v) is 8.16. The standard InChI is InChI=1S/C12H13FO/c1-8(7-14)10-4-9-2-3-12(13)6-11(9)5-10/h2-3,6-8,10H,4-5H2,1H3. The van der Waals surface area contributed by atoms with Crippen LogP contribution >= 0.6 is 0 Å². The first-order chi connectivity index (χ1) is 6.70. The van der Waals surface area contributed by atoms with Crippen LogP contribution in [0.3, 0.4) is 0 Å². The number of carbonyl (C=O) groups is 1. The molecule has 2 heteroatoms. The maximum atomic E-state index is 12.9. The van der Waals surface area contributed by atoms with Crippen LogP contribution < -0.4 is 0 Å². The molecule has 0 aromatic heterocycles. The number of benzene rings is 1. The van der Waals surface area contributed by atoms with Gasteiger partial charge in [-0.05, 0) is 42.0 Å². The first-order valence-electron chi connectivity index (χ1n) is 4.93. The van der Waals surface area contributed by atoms with E-state index in [9.17, 15) is 9.18 Å². The number of halogens is 1. The maximum absolute atomic E-state index is 12.9. The summed E-state index contributed by atoms with van der Waals surface area (Å²) in [4.78, 5) is 10.6. The number of carbonyl (C=O) groups excluding carboxylic acids is 1. The lowest BCUT2D eigenvalue weighted by Gasteiger charge is -2.10. The summed E-state index contributed by atoms with van der Waals surface area (Å²) >= 11 is 0. The number of rotatable bonds is 2. The zero-order chi connectivity index (χ0) is 10.1. The molecule has 0 radical (unpaired) electrons. The third-order valence-corrected chi connectivity index (χ3v) is 3.09. The van der Waals surface area contributed by atoms with Crippen LogP contribution in [0.2, 0.25) is 0 Å². The number of fused-ring (bicyclic) bond motifs is 1. The minimum absolute atomic E-state index is 0.0745. The molecular formula is C12H13FO. The lowest BCUT2D eigenvalue weighted by atomic mass is 9.93. The van der Waals surface area contributed by atoms with Crippen molar-refractivity contribution in [1.82, 2.24) is 0 Å². The second-order valence-corrected chi connectivity index (χ2v) is 4.08. The summed E-state index contributed by atoms with van der Waals surface area (Å²) in [5, 5.41) is 0. The molecule has 0 saturated heterocycles. The molecule has 1 aromatic carbocycles. The number of hydrogen-bond donors (Lipinski definition) is 0. The highest BCUT2D eigenvalue weighted by Crippen LogP contribution is 2.31. The van der Waals surface area contributed by atoms with Crippen molar-refractivity contribution < 1.29 is 9.18 Å². The van der Waals surface area contributed by atoms with Gasteiger partial charge in [-0.2, -0.15) is 0 Å². The highest BCUT2D eigenvalue weighted by atomic mass is 19.1. The molecular weight excluding hydrogens is 179 g/mol. The van der Waals surface area contributed by atoms with Crippen LogP contribution in [0.15, 0.2) is 18.2 Å². The van der Waals surface area contributed by atoms with Crippen LogP contribution in [0.4, 0.5) is 4.39 Å². The Labute approximate surface area is 82.9 Å². The summed E-state index contributed by atoms with van der Waals surface area (Å²) in [6.45, 7) is 1.93. The molecule has 14 heavy (non-hydrogen) atoms. The molecule has 1 aliphatic carbocycles. The maximum Gasteiger partial charge on any atom is 0.123 e. The van der Waals surface area contributed by atoms with E-state index < -0.39 is 0 Å². The summed E-state index contributed by atoms with van der Waals surface area (Å²) in [6, 6.07) is 4.92. The van der Waals surface area contributed by atoms with Crippen molar-refractivity contribution in [2.75, 3.05) is 0 Å². The predicted molar refractivity (Wildman–Crippen MR) is 52.5 cm³/mol. The SMILES string of the molecule is CC(C=O)C1Cc2ccc(F)cc2C1. The number of hydrogen-bond acceptors (Lipinski definition) is 1. The van der Waals surface area contributed by atoms with Gasteiger partial charge in [-0.15, -0.1) is 0 Å². The fraction of sp³-hybridized carbons (Fsp3) is 0.417. The molecule has 0 aliphatic heterocycles. The Balaban J connectivity index is 2.21. The van der Waals surface area contributed by atoms with Crippen LogP contribution in [-0.2, 0) is 17.6 Å². The number of aldehydes is 1. The molecule has 74 valence electrons. The van der Waals surface area contributed by atoms with Crippen molar-refractivity contribution in [3.05, 3.63) is 35.1 Å². The van der Waals surface area contributed by atoms with Gasteiger partial charge in [0, 0.05) is 5.92 Å². The van der Waals surface area contributed by atoms with Gasteiger partial charge < -0.3 is 4.79 Å². The quantitative estimate of drug-likeness (QED) is 0.657. The third-order valence-electron chi connectivity index (χ3n) is 3.09. The first kappa shape index (κ1) is 9.38. The van der Waals surface area contributed by atoms with Gasteiger partial charge in [-0.25, -0.2) is 4.39 Å². The molecule has 0 amide bonds. The van der Waals surface area contributed by atoms with Gasteiger partial charge in [0.1, 0.15) is 12.1 Å². The Bertz CT molecular complexity index is 359. The fourth-order valence-corrected chi connectivity index (χ4v) is 2.10. The third kappa shape index (κ3) is 1.57. The van der Waals surface area contributed by atoms with Crippen LogP contribution in [0, 0.1) is 17.7 Å². The zero-order valence-electron chi connectivity index (χ0n) is 8.16. The molecule has 2 atom stereocenters. The van der Waals surface area contributed by atoms with Crippen molar-refractivity contribution >= 4 is 6.29 Å². The van der Waals surface area contributed by atoms with E-state index in [-0.39, 0.29) is 11.7 Å². The Morgan fingerprint density at radius 2 is 2.14 bits per heavy atom. The Kier molecular flexibility index (Phi) is 2.36. The molecule has 1 aromatic rings. The monoisotopic (exact) mass is 192 g/mol. The van der Waals surface area contributed by atoms with E-state index in [1.165, 1.54) is 11.6 Å². The smallest absolute Gasteiger partial charge is 0.123 e. The van der Waals surface area contributed by atoms with Gasteiger partial charge in [0.2, 0.25) is 0 Å². The van der Waals surface area contributed by atoms with E-state index in [0.717, 1.165) is 24.7 Å². The summed E-state index contributed by atoms with van der Waals surface area (Å²) in [7, 11) is 0. The average Bonchev–Trinajstić information content (AvgIpc) is 2.59. The molecule has 0 bridgehead atoms. The van der Waals surface area contributed by atoms with Gasteiger partial charge in [0.15, 0.2) is 0 Å². The lowest BCUT2D eigenvalue weighted by Crippen LogP contribution is -2.12. The van der Waals surface area contributed by atoms with E-state index in [0.29, 0.717) is 5.92 Å². The van der Waals surface area contributed by atoms with Gasteiger partial charge >= 0.3 is 0 Å². The fourth-order valence-electron chi connectivity index (χ4n) is 2.10. The van der Waals surface area contributed by atoms with E-state index in [4.69, 9.17) is 0 Å². The molecule has 0 spiro atoms. The highest BCUT2D eigenvalue weighted by molar-refractivity contribution is 5.54. The Morgan fingerprint density at radius 3 is 2.86 bits per heavy atom. The van der Waals surface area contributed by atoms with E-state index in [1.807, 2.05) is 13.0 Å². The Morgan fingerprint density at radius 1 is 1.43 bits per heavy atom. The second-order valence-electron chi connectivity index (χ2n) is 4.08. The van der Waals surface area contributed by atoms with Crippen LogP contribution in [-0.4, -0.2) is 6.29 Å². The average molecular weight is 192 g/mol. The van der Waals surface area contributed by atoms with Crippen molar-refractivity contribution in [2.24, 2.45) is 11.8 Å². The van der Waals surface area contributed by atoms with Crippen LogP contribution in [0.5, 0.6) is 0 Å². The van der Waals surface area contributed by atoms with Crippen molar-refractivity contribution in [3.8, 4) is 0 Å². The largest absolute Gasteiger partial charge is 0.303 e. The molecule has 1 aliphatic rings. The summed E-state index contributed by atoms with van der Waals surface area (Å²) in [6.07, 6.45) is 2.75. The normalized spacial score (nSPS) is 21.7. The van der Waals surface area contributed by atoms with E-state index in [2.05, 4.69) is 0 Å². The van der Waals surface area contributed by atoms with Gasteiger partial charge in [-0.1, -0.05) is 13.0 Å². The van der Waals surface area contributed by atoms with Crippen molar-refractivity contribution in [1.29, 1.82) is 0 Å². The van der Waals surface area contributed by atoms with Crippen LogP contribution in [0.1, 0.15) is 18.1 Å². The summed E-state index contributed by atoms with van der Waals surface area (Å²) < 4.78 is 12.9. The minimum Gasteiger partial charge on any atom is -0.303 e. The van der Waals surface area contributed by atoms with Crippen molar-refractivity contribution in [3.63, 3.8) is 0 Å². The molecule has 0 saturated carbocycles. The molecule has 2 unspecified atom stereocenters. The summed E-state index contributed by atoms with van der Waals surface area (Å²) in [5.41, 5.74) is 2.27. The molecule has 0 N–H and O–H groups in total. The minimum atomic E-state index is -0.178. The molecule has 1 nitrogen and oxygen atoms in total. The van der Waals surface area contributed by atoms with Crippen LogP contribution in [0.25, 0.3) is 0 Å². The van der Waals surface area contributed by atoms with Crippen molar-refractivity contribution in [2.45, 2.75) is 19.8 Å². The lowest BCUT2D eigenvalue weighted by molar-refractivity contribution is -0.111. The van der Waals surface area contributed by atoms with Gasteiger partial charge in [0.25, 0.3) is 0 Å². The first-order valence-corrected chi connectivity index (χ1v) is 4.93. The molecule has 2 rings (SSSR count). The van der Waals surface area contributed by atoms with Gasteiger partial charge in [0.05, 0.1) is 0 Å². The predicted octanol–water partition coefficient (Wildman–Crippen LogP) is 2.38. The topological polar surface area (TPSA) is 17.1 Å². The molecule has 0 heterocycles.